The third-order valence-corrected chi connectivity index (χ3v) is 5.85. The molecule has 5 nitrogen and oxygen atoms in total. The molecule has 2 saturated heterocycles. The van der Waals surface area contributed by atoms with E-state index in [-0.39, 0.29) is 23.9 Å². The summed E-state index contributed by atoms with van der Waals surface area (Å²) in [6.45, 7) is 1.08. The molecule has 0 spiro atoms. The number of nitriles is 1. The van der Waals surface area contributed by atoms with Crippen LogP contribution in [0.15, 0.2) is 54.6 Å². The van der Waals surface area contributed by atoms with E-state index in [9.17, 15) is 19.2 Å². The van der Waals surface area contributed by atoms with Gasteiger partial charge >= 0.3 is 0 Å². The van der Waals surface area contributed by atoms with Gasteiger partial charge in [0.25, 0.3) is 5.91 Å². The van der Waals surface area contributed by atoms with Crippen molar-refractivity contribution in [1.29, 1.82) is 5.26 Å². The fourth-order valence-corrected chi connectivity index (χ4v) is 4.23. The van der Waals surface area contributed by atoms with E-state index in [1.54, 1.807) is 6.07 Å². The molecule has 0 saturated carbocycles. The van der Waals surface area contributed by atoms with Gasteiger partial charge in [-0.15, -0.1) is 0 Å². The number of likely N-dealkylation sites (tertiary alicyclic amines) is 1. The first kappa shape index (κ1) is 18.3. The van der Waals surface area contributed by atoms with E-state index in [4.69, 9.17) is 0 Å². The summed E-state index contributed by atoms with van der Waals surface area (Å²) in [5, 5.41) is 9.82. The average molecular weight is 377 g/mol. The molecule has 0 aromatic heterocycles. The number of halogens is 1. The Morgan fingerprint density at radius 1 is 1.00 bits per heavy atom. The highest BCUT2D eigenvalue weighted by atomic mass is 19.1. The minimum absolute atomic E-state index is 0.00710. The van der Waals surface area contributed by atoms with Crippen LogP contribution in [0.5, 0.6) is 0 Å². The Morgan fingerprint density at radius 3 is 2.29 bits per heavy atom. The molecule has 2 aromatic carbocycles. The summed E-state index contributed by atoms with van der Waals surface area (Å²) in [5.74, 6) is -1.37. The number of anilines is 1. The molecule has 0 radical (unpaired) electrons. The summed E-state index contributed by atoms with van der Waals surface area (Å²) in [4.78, 5) is 28.3. The molecule has 0 unspecified atom stereocenters. The van der Waals surface area contributed by atoms with Crippen molar-refractivity contribution in [3.8, 4) is 6.07 Å². The van der Waals surface area contributed by atoms with E-state index in [0.29, 0.717) is 25.9 Å². The van der Waals surface area contributed by atoms with Gasteiger partial charge < -0.3 is 0 Å². The van der Waals surface area contributed by atoms with Crippen LogP contribution in [0.3, 0.4) is 0 Å². The lowest BCUT2D eigenvalue weighted by atomic mass is 9.74. The zero-order valence-electron chi connectivity index (χ0n) is 15.3. The lowest BCUT2D eigenvalue weighted by Crippen LogP contribution is -2.49. The van der Waals surface area contributed by atoms with Crippen LogP contribution in [0, 0.1) is 17.1 Å². The third kappa shape index (κ3) is 2.98. The fraction of sp³-hybridized carbons (Fsp3) is 0.318. The Kier molecular flexibility index (Phi) is 4.70. The van der Waals surface area contributed by atoms with E-state index < -0.39 is 17.3 Å². The van der Waals surface area contributed by atoms with Crippen molar-refractivity contribution in [1.82, 2.24) is 4.90 Å². The van der Waals surface area contributed by atoms with Gasteiger partial charge in [0, 0.05) is 13.1 Å². The number of benzene rings is 2. The van der Waals surface area contributed by atoms with Crippen molar-refractivity contribution in [2.24, 2.45) is 0 Å². The fourth-order valence-electron chi connectivity index (χ4n) is 4.23. The summed E-state index contributed by atoms with van der Waals surface area (Å²) in [6, 6.07) is 17.4. The molecule has 2 amide bonds. The smallest absolute Gasteiger partial charge is 0.251 e. The Morgan fingerprint density at radius 2 is 1.64 bits per heavy atom. The minimum atomic E-state index is -0.598. The second-order valence-corrected chi connectivity index (χ2v) is 7.33. The molecule has 2 aromatic rings. The maximum absolute atomic E-state index is 14.1. The number of imide groups is 1. The van der Waals surface area contributed by atoms with Crippen LogP contribution in [0.4, 0.5) is 10.1 Å². The first-order chi connectivity index (χ1) is 13.6. The number of hydrogen-bond donors (Lipinski definition) is 0. The maximum Gasteiger partial charge on any atom is 0.251 e. The SMILES string of the molecule is N#CC1(c2ccccc2)CCN([C@@H]2CC(=O)N(c3ccccc3F)C2=O)CC1. The van der Waals surface area contributed by atoms with Crippen molar-refractivity contribution < 1.29 is 14.0 Å². The summed E-state index contributed by atoms with van der Waals surface area (Å²) < 4.78 is 14.1. The summed E-state index contributed by atoms with van der Waals surface area (Å²) >= 11 is 0. The van der Waals surface area contributed by atoms with E-state index in [1.165, 1.54) is 18.2 Å². The van der Waals surface area contributed by atoms with E-state index >= 15 is 0 Å². The molecule has 2 aliphatic rings. The van der Waals surface area contributed by atoms with Crippen LogP contribution in [-0.4, -0.2) is 35.8 Å². The van der Waals surface area contributed by atoms with Crippen LogP contribution < -0.4 is 4.90 Å². The largest absolute Gasteiger partial charge is 0.291 e. The first-order valence-electron chi connectivity index (χ1n) is 9.38. The van der Waals surface area contributed by atoms with Gasteiger partial charge in [0.15, 0.2) is 0 Å². The third-order valence-electron chi connectivity index (χ3n) is 5.85. The molecule has 4 rings (SSSR count). The number of carbonyl (C=O) groups excluding carboxylic acids is 2. The number of rotatable bonds is 3. The highest BCUT2D eigenvalue weighted by molar-refractivity contribution is 6.22. The molecule has 28 heavy (non-hydrogen) atoms. The molecule has 2 aliphatic heterocycles. The Labute approximate surface area is 163 Å². The lowest BCUT2D eigenvalue weighted by molar-refractivity contribution is -0.123. The van der Waals surface area contributed by atoms with Gasteiger partial charge in [-0.05, 0) is 30.5 Å². The Bertz CT molecular complexity index is 946. The quantitative estimate of drug-likeness (QED) is 0.772. The first-order valence-corrected chi connectivity index (χ1v) is 9.38. The van der Waals surface area contributed by atoms with Crippen LogP contribution in [-0.2, 0) is 15.0 Å². The molecule has 6 heteroatoms. The zero-order valence-corrected chi connectivity index (χ0v) is 15.3. The Balaban J connectivity index is 1.51. The maximum atomic E-state index is 14.1. The van der Waals surface area contributed by atoms with Crippen LogP contribution >= 0.6 is 0 Å². The van der Waals surface area contributed by atoms with Crippen molar-refractivity contribution in [2.75, 3.05) is 18.0 Å². The summed E-state index contributed by atoms with van der Waals surface area (Å²) in [5.41, 5.74) is 0.417. The topological polar surface area (TPSA) is 64.4 Å². The van der Waals surface area contributed by atoms with Gasteiger partial charge in [0.1, 0.15) is 5.82 Å². The lowest BCUT2D eigenvalue weighted by Gasteiger charge is -2.39. The molecule has 142 valence electrons. The number of hydrogen-bond acceptors (Lipinski definition) is 4. The molecular formula is C22H20FN3O2. The molecule has 0 bridgehead atoms. The molecular weight excluding hydrogens is 357 g/mol. The number of amides is 2. The normalized spacial score (nSPS) is 22.3. The van der Waals surface area contributed by atoms with Crippen LogP contribution in [0.25, 0.3) is 0 Å². The number of piperidine rings is 1. The van der Waals surface area contributed by atoms with Gasteiger partial charge in [0.05, 0.1) is 29.6 Å². The molecule has 0 aliphatic carbocycles. The highest BCUT2D eigenvalue weighted by Gasteiger charge is 2.46. The number of carbonyl (C=O) groups is 2. The minimum Gasteiger partial charge on any atom is -0.291 e. The number of para-hydroxylation sites is 1. The summed E-state index contributed by atoms with van der Waals surface area (Å²) in [7, 11) is 0. The molecule has 0 N–H and O–H groups in total. The molecule has 2 fully saturated rings. The highest BCUT2D eigenvalue weighted by Crippen LogP contribution is 2.37. The molecule has 2 heterocycles. The van der Waals surface area contributed by atoms with E-state index in [2.05, 4.69) is 6.07 Å². The summed E-state index contributed by atoms with van der Waals surface area (Å²) in [6.07, 6.45) is 1.22. The zero-order chi connectivity index (χ0) is 19.7. The monoisotopic (exact) mass is 377 g/mol. The van der Waals surface area contributed by atoms with Gasteiger partial charge in [-0.2, -0.15) is 5.26 Å². The van der Waals surface area contributed by atoms with Crippen molar-refractivity contribution in [3.05, 3.63) is 66.0 Å². The number of nitrogens with zero attached hydrogens (tertiary/aromatic N) is 3. The van der Waals surface area contributed by atoms with E-state index in [1.807, 2.05) is 35.2 Å². The van der Waals surface area contributed by atoms with Crippen LogP contribution in [0.1, 0.15) is 24.8 Å². The molecule has 1 atom stereocenters. The van der Waals surface area contributed by atoms with Crippen molar-refractivity contribution in [2.45, 2.75) is 30.7 Å². The van der Waals surface area contributed by atoms with Gasteiger partial charge in [-0.3, -0.25) is 14.5 Å². The van der Waals surface area contributed by atoms with E-state index in [0.717, 1.165) is 10.5 Å². The Hall–Kier alpha value is -3.04. The standard InChI is InChI=1S/C22H20FN3O2/c23-17-8-4-5-9-18(17)26-20(27)14-19(21(26)28)25-12-10-22(15-24,11-13-25)16-6-2-1-3-7-16/h1-9,19H,10-14H2/t19-/m1/s1. The van der Waals surface area contributed by atoms with Crippen molar-refractivity contribution >= 4 is 17.5 Å². The average Bonchev–Trinajstić information content (AvgIpc) is 3.03. The predicted molar refractivity (Wildman–Crippen MR) is 102 cm³/mol. The second kappa shape index (κ2) is 7.17. The van der Waals surface area contributed by atoms with Gasteiger partial charge in [-0.25, -0.2) is 9.29 Å². The van der Waals surface area contributed by atoms with Gasteiger partial charge in [0.2, 0.25) is 5.91 Å². The second-order valence-electron chi connectivity index (χ2n) is 7.33. The predicted octanol–water partition coefficient (Wildman–Crippen LogP) is 3.01. The van der Waals surface area contributed by atoms with Crippen molar-refractivity contribution in [3.63, 3.8) is 0 Å². The van der Waals surface area contributed by atoms with Crippen LogP contribution in [0.2, 0.25) is 0 Å². The van der Waals surface area contributed by atoms with Gasteiger partial charge in [-0.1, -0.05) is 42.5 Å².